The Balaban J connectivity index is 2.13. The number of hydrogen-bond acceptors (Lipinski definition) is 3. The maximum absolute atomic E-state index is 6.25. The van der Waals surface area contributed by atoms with Crippen molar-refractivity contribution in [1.82, 2.24) is 0 Å². The lowest BCUT2D eigenvalue weighted by molar-refractivity contribution is 0.834. The van der Waals surface area contributed by atoms with Crippen LogP contribution in [-0.2, 0) is 6.42 Å². The van der Waals surface area contributed by atoms with E-state index < -0.39 is 0 Å². The summed E-state index contributed by atoms with van der Waals surface area (Å²) < 4.78 is 0. The van der Waals surface area contributed by atoms with E-state index in [1.165, 1.54) is 5.56 Å². The van der Waals surface area contributed by atoms with Gasteiger partial charge in [-0.15, -0.1) is 0 Å². The van der Waals surface area contributed by atoms with Gasteiger partial charge in [0.05, 0.1) is 11.8 Å². The summed E-state index contributed by atoms with van der Waals surface area (Å²) in [7, 11) is 0. The molecule has 2 aromatic carbocycles. The number of hydrogen-bond donors (Lipinski definition) is 0. The van der Waals surface area contributed by atoms with E-state index in [9.17, 15) is 0 Å². The van der Waals surface area contributed by atoms with Crippen molar-refractivity contribution < 1.29 is 0 Å². The predicted molar refractivity (Wildman–Crippen MR) is 107 cm³/mol. The second-order valence-corrected chi connectivity index (χ2v) is 7.53. The van der Waals surface area contributed by atoms with Crippen molar-refractivity contribution >= 4 is 46.2 Å². The van der Waals surface area contributed by atoms with Gasteiger partial charge >= 0.3 is 0 Å². The molecule has 1 atom stereocenters. The van der Waals surface area contributed by atoms with E-state index in [1.807, 2.05) is 42.1 Å². The van der Waals surface area contributed by atoms with Gasteiger partial charge in [-0.25, -0.2) is 0 Å². The van der Waals surface area contributed by atoms with Crippen LogP contribution in [0.1, 0.15) is 23.1 Å². The van der Waals surface area contributed by atoms with Gasteiger partial charge in [0.15, 0.2) is 0 Å². The average molecular weight is 360 g/mol. The van der Waals surface area contributed by atoms with E-state index in [1.54, 1.807) is 0 Å². The average Bonchev–Trinajstić information content (AvgIpc) is 2.70. The van der Waals surface area contributed by atoms with Crippen molar-refractivity contribution in [3.05, 3.63) is 70.2 Å². The van der Waals surface area contributed by atoms with Crippen molar-refractivity contribution in [1.29, 1.82) is 0 Å². The highest BCUT2D eigenvalue weighted by atomic mass is 35.5. The zero-order valence-corrected chi connectivity index (χ0v) is 15.3. The molecule has 0 spiro atoms. The number of rotatable bonds is 4. The molecular weight excluding hydrogens is 342 g/mol. The molecule has 1 aliphatic rings. The Kier molecular flexibility index (Phi) is 5.52. The van der Waals surface area contributed by atoms with Gasteiger partial charge in [-0.2, -0.15) is 11.8 Å². The highest BCUT2D eigenvalue weighted by Crippen LogP contribution is 2.26. The van der Waals surface area contributed by atoms with Crippen LogP contribution >= 0.6 is 35.6 Å². The number of thioether (sulfide) groups is 1. The van der Waals surface area contributed by atoms with Crippen molar-refractivity contribution in [3.63, 3.8) is 0 Å². The topological polar surface area (TPSA) is 12.4 Å². The van der Waals surface area contributed by atoms with Crippen LogP contribution in [0.2, 0.25) is 5.02 Å². The Labute approximate surface area is 152 Å². The van der Waals surface area contributed by atoms with E-state index in [0.717, 1.165) is 45.3 Å². The van der Waals surface area contributed by atoms with E-state index in [-0.39, 0.29) is 6.04 Å². The minimum absolute atomic E-state index is 0.0961. The summed E-state index contributed by atoms with van der Waals surface area (Å²) in [6.45, 7) is 0. The molecule has 0 aromatic heterocycles. The number of thiocarbonyl (C=S) groups is 1. The molecular formula is C19H18ClNS2. The Morgan fingerprint density at radius 2 is 2.00 bits per heavy atom. The maximum atomic E-state index is 6.25. The van der Waals surface area contributed by atoms with Gasteiger partial charge in [0.25, 0.3) is 0 Å². The van der Waals surface area contributed by atoms with Crippen molar-refractivity contribution in [2.24, 2.45) is 4.99 Å². The molecule has 0 radical (unpaired) electrons. The Morgan fingerprint density at radius 3 is 2.74 bits per heavy atom. The SMILES string of the molecule is CSCC[C@@H]1N=C(c2ccccc2)c2cc(Cl)ccc2CC1=S. The summed E-state index contributed by atoms with van der Waals surface area (Å²) in [4.78, 5) is 6.07. The first-order valence-corrected chi connectivity index (χ1v) is 9.80. The Bertz CT molecular complexity index is 740. The maximum Gasteiger partial charge on any atom is 0.0830 e. The fourth-order valence-corrected chi connectivity index (χ4v) is 3.76. The monoisotopic (exact) mass is 359 g/mol. The van der Waals surface area contributed by atoms with Crippen LogP contribution < -0.4 is 0 Å². The summed E-state index contributed by atoms with van der Waals surface area (Å²) in [5.41, 5.74) is 4.45. The molecule has 4 heteroatoms. The lowest BCUT2D eigenvalue weighted by Crippen LogP contribution is -2.19. The Hall–Kier alpha value is -1.16. The number of fused-ring (bicyclic) bond motifs is 1. The lowest BCUT2D eigenvalue weighted by Gasteiger charge is -2.12. The normalized spacial score (nSPS) is 17.4. The molecule has 1 aliphatic heterocycles. The summed E-state index contributed by atoms with van der Waals surface area (Å²) in [5.74, 6) is 1.06. The molecule has 23 heavy (non-hydrogen) atoms. The van der Waals surface area contributed by atoms with Crippen LogP contribution in [0, 0.1) is 0 Å². The molecule has 0 N–H and O–H groups in total. The largest absolute Gasteiger partial charge is 0.275 e. The van der Waals surface area contributed by atoms with Gasteiger partial charge in [-0.05, 0) is 36.1 Å². The van der Waals surface area contributed by atoms with E-state index in [4.69, 9.17) is 28.8 Å². The minimum atomic E-state index is 0.0961. The molecule has 0 saturated carbocycles. The Morgan fingerprint density at radius 1 is 1.22 bits per heavy atom. The van der Waals surface area contributed by atoms with E-state index >= 15 is 0 Å². The van der Waals surface area contributed by atoms with E-state index in [2.05, 4.69) is 24.5 Å². The smallest absolute Gasteiger partial charge is 0.0830 e. The number of halogens is 1. The van der Waals surface area contributed by atoms with Crippen molar-refractivity contribution in [2.75, 3.05) is 12.0 Å². The van der Waals surface area contributed by atoms with Gasteiger partial charge in [0.1, 0.15) is 0 Å². The van der Waals surface area contributed by atoms with Crippen LogP contribution in [0.5, 0.6) is 0 Å². The first-order valence-electron chi connectivity index (χ1n) is 7.62. The predicted octanol–water partition coefficient (Wildman–Crippen LogP) is 5.23. The number of aliphatic imine (C=N–C) groups is 1. The fourth-order valence-electron chi connectivity index (χ4n) is 2.81. The molecule has 0 bridgehead atoms. The molecule has 118 valence electrons. The van der Waals surface area contributed by atoms with Crippen molar-refractivity contribution in [3.8, 4) is 0 Å². The van der Waals surface area contributed by atoms with Crippen LogP contribution in [0.15, 0.2) is 53.5 Å². The molecule has 0 unspecified atom stereocenters. The fraction of sp³-hybridized carbons (Fsp3) is 0.263. The zero-order chi connectivity index (χ0) is 16.2. The molecule has 1 nitrogen and oxygen atoms in total. The lowest BCUT2D eigenvalue weighted by atomic mass is 9.96. The van der Waals surface area contributed by atoms with Gasteiger partial charge in [0, 0.05) is 27.4 Å². The highest BCUT2D eigenvalue weighted by molar-refractivity contribution is 7.98. The second kappa shape index (κ2) is 7.61. The van der Waals surface area contributed by atoms with Crippen LogP contribution in [0.25, 0.3) is 0 Å². The first kappa shape index (κ1) is 16.7. The minimum Gasteiger partial charge on any atom is -0.275 e. The third kappa shape index (κ3) is 3.85. The highest BCUT2D eigenvalue weighted by Gasteiger charge is 2.23. The zero-order valence-electron chi connectivity index (χ0n) is 13.0. The molecule has 1 heterocycles. The molecule has 2 aromatic rings. The van der Waals surface area contributed by atoms with Gasteiger partial charge in [-0.1, -0.05) is 60.2 Å². The van der Waals surface area contributed by atoms with Crippen molar-refractivity contribution in [2.45, 2.75) is 18.9 Å². The number of benzene rings is 2. The summed E-state index contributed by atoms with van der Waals surface area (Å²) in [6, 6.07) is 16.4. The first-order chi connectivity index (χ1) is 11.2. The summed E-state index contributed by atoms with van der Waals surface area (Å²) >= 11 is 13.8. The third-order valence-corrected chi connectivity index (χ3v) is 5.29. The number of nitrogens with zero attached hydrogens (tertiary/aromatic N) is 1. The van der Waals surface area contributed by atoms with E-state index in [0.29, 0.717) is 0 Å². The van der Waals surface area contributed by atoms with Gasteiger partial charge in [-0.3, -0.25) is 4.99 Å². The van der Waals surface area contributed by atoms with Crippen LogP contribution in [0.4, 0.5) is 0 Å². The molecule has 0 aliphatic carbocycles. The quantitative estimate of drug-likeness (QED) is 0.693. The van der Waals surface area contributed by atoms with Crippen LogP contribution in [-0.4, -0.2) is 28.6 Å². The molecule has 0 saturated heterocycles. The molecule has 0 fully saturated rings. The van der Waals surface area contributed by atoms with Crippen LogP contribution in [0.3, 0.4) is 0 Å². The summed E-state index contributed by atoms with van der Waals surface area (Å²) in [5, 5.41) is 0.737. The molecule has 3 rings (SSSR count). The molecule has 0 amide bonds. The third-order valence-electron chi connectivity index (χ3n) is 3.99. The second-order valence-electron chi connectivity index (χ2n) is 5.59. The van der Waals surface area contributed by atoms with Gasteiger partial charge in [0.2, 0.25) is 0 Å². The van der Waals surface area contributed by atoms with Gasteiger partial charge < -0.3 is 0 Å². The summed E-state index contributed by atoms with van der Waals surface area (Å²) in [6.07, 6.45) is 3.90. The standard InChI is InChI=1S/C19H18ClNS2/c1-23-10-9-17-18(22)11-14-7-8-15(20)12-16(14)19(21-17)13-5-3-2-4-6-13/h2-8,12,17H,9-11H2,1H3/t17-/m0/s1.